The fourth-order valence-corrected chi connectivity index (χ4v) is 2.12. The van der Waals surface area contributed by atoms with Crippen molar-refractivity contribution in [1.82, 2.24) is 10.3 Å². The molecule has 16 heavy (non-hydrogen) atoms. The molecule has 2 N–H and O–H groups in total. The first-order valence-electron chi connectivity index (χ1n) is 5.28. The van der Waals surface area contributed by atoms with Crippen LogP contribution in [-0.4, -0.2) is 37.4 Å². The number of methoxy groups -OCH3 is 2. The number of hydrogen-bond donors (Lipinski definition) is 2. The number of aromatic hydroxyl groups is 1. The second kappa shape index (κ2) is 4.57. The van der Waals surface area contributed by atoms with E-state index in [1.54, 1.807) is 14.2 Å². The van der Waals surface area contributed by atoms with Crippen LogP contribution < -0.4 is 14.8 Å². The Morgan fingerprint density at radius 3 is 2.81 bits per heavy atom. The zero-order valence-electron chi connectivity index (χ0n) is 9.49. The van der Waals surface area contributed by atoms with Gasteiger partial charge in [0, 0.05) is 18.0 Å². The van der Waals surface area contributed by atoms with E-state index in [1.807, 2.05) is 0 Å². The summed E-state index contributed by atoms with van der Waals surface area (Å²) < 4.78 is 10.4. The number of pyridine rings is 1. The van der Waals surface area contributed by atoms with Crippen molar-refractivity contribution in [1.29, 1.82) is 0 Å². The molecule has 1 atom stereocenters. The third kappa shape index (κ3) is 1.78. The van der Waals surface area contributed by atoms with Crippen LogP contribution in [0.5, 0.6) is 17.4 Å². The Labute approximate surface area is 94.4 Å². The van der Waals surface area contributed by atoms with Gasteiger partial charge in [0.2, 0.25) is 0 Å². The second-order valence-electron chi connectivity index (χ2n) is 3.79. The smallest absolute Gasteiger partial charge is 0.257 e. The lowest BCUT2D eigenvalue weighted by molar-refractivity contribution is 0.332. The Hall–Kier alpha value is -1.49. The summed E-state index contributed by atoms with van der Waals surface area (Å²) in [6.45, 7) is 1.80. The average molecular weight is 224 g/mol. The number of nitrogens with zero attached hydrogens (tertiary/aromatic N) is 1. The summed E-state index contributed by atoms with van der Waals surface area (Å²) in [6, 6.07) is 0. The van der Waals surface area contributed by atoms with Crippen LogP contribution >= 0.6 is 0 Å². The number of ether oxygens (including phenoxy) is 2. The van der Waals surface area contributed by atoms with Gasteiger partial charge in [0.25, 0.3) is 5.88 Å². The molecule has 0 aliphatic carbocycles. The highest BCUT2D eigenvalue weighted by molar-refractivity contribution is 5.51. The SMILES string of the molecule is COc1ncc(O)c(C2CCNC2)c1OC. The van der Waals surface area contributed by atoms with Crippen molar-refractivity contribution in [3.05, 3.63) is 11.8 Å². The molecule has 1 saturated heterocycles. The summed E-state index contributed by atoms with van der Waals surface area (Å²) in [4.78, 5) is 3.98. The molecule has 1 unspecified atom stereocenters. The minimum Gasteiger partial charge on any atom is -0.506 e. The fourth-order valence-electron chi connectivity index (χ4n) is 2.12. The maximum Gasteiger partial charge on any atom is 0.257 e. The fraction of sp³-hybridized carbons (Fsp3) is 0.545. The highest BCUT2D eigenvalue weighted by Crippen LogP contribution is 2.41. The summed E-state index contributed by atoms with van der Waals surface area (Å²) in [7, 11) is 3.10. The van der Waals surface area contributed by atoms with E-state index in [1.165, 1.54) is 6.20 Å². The second-order valence-corrected chi connectivity index (χ2v) is 3.79. The van der Waals surface area contributed by atoms with Crippen molar-refractivity contribution in [2.45, 2.75) is 12.3 Å². The van der Waals surface area contributed by atoms with Gasteiger partial charge < -0.3 is 19.9 Å². The quantitative estimate of drug-likeness (QED) is 0.798. The average Bonchev–Trinajstić information content (AvgIpc) is 2.81. The molecule has 0 aromatic carbocycles. The highest BCUT2D eigenvalue weighted by atomic mass is 16.5. The van der Waals surface area contributed by atoms with Gasteiger partial charge in [-0.1, -0.05) is 0 Å². The number of nitrogens with one attached hydrogen (secondary N) is 1. The van der Waals surface area contributed by atoms with Gasteiger partial charge in [-0.2, -0.15) is 0 Å². The normalized spacial score (nSPS) is 19.8. The third-order valence-electron chi connectivity index (χ3n) is 2.88. The molecule has 0 amide bonds. The maximum atomic E-state index is 9.88. The zero-order valence-corrected chi connectivity index (χ0v) is 9.49. The van der Waals surface area contributed by atoms with E-state index in [9.17, 15) is 5.11 Å². The molecular formula is C11H16N2O3. The summed E-state index contributed by atoms with van der Waals surface area (Å²) in [5, 5.41) is 13.1. The largest absolute Gasteiger partial charge is 0.506 e. The van der Waals surface area contributed by atoms with Crippen molar-refractivity contribution in [3.8, 4) is 17.4 Å². The summed E-state index contributed by atoms with van der Waals surface area (Å²) >= 11 is 0. The van der Waals surface area contributed by atoms with Crippen LogP contribution in [0.3, 0.4) is 0 Å². The molecule has 0 saturated carbocycles. The lowest BCUT2D eigenvalue weighted by Gasteiger charge is -2.17. The molecule has 5 heteroatoms. The molecule has 2 rings (SSSR count). The van der Waals surface area contributed by atoms with Gasteiger partial charge in [-0.3, -0.25) is 0 Å². The van der Waals surface area contributed by atoms with Gasteiger partial charge >= 0.3 is 0 Å². The van der Waals surface area contributed by atoms with Crippen molar-refractivity contribution < 1.29 is 14.6 Å². The van der Waals surface area contributed by atoms with Crippen LogP contribution in [-0.2, 0) is 0 Å². The molecule has 5 nitrogen and oxygen atoms in total. The number of hydrogen-bond acceptors (Lipinski definition) is 5. The van der Waals surface area contributed by atoms with Crippen LogP contribution in [0.4, 0.5) is 0 Å². The zero-order chi connectivity index (χ0) is 11.5. The molecule has 2 heterocycles. The van der Waals surface area contributed by atoms with Crippen LogP contribution in [0.25, 0.3) is 0 Å². The lowest BCUT2D eigenvalue weighted by Crippen LogP contribution is -2.09. The Morgan fingerprint density at radius 2 is 2.25 bits per heavy atom. The van der Waals surface area contributed by atoms with E-state index in [-0.39, 0.29) is 11.7 Å². The Kier molecular flexibility index (Phi) is 3.14. The van der Waals surface area contributed by atoms with E-state index in [2.05, 4.69) is 10.3 Å². The minimum atomic E-state index is 0.173. The lowest BCUT2D eigenvalue weighted by atomic mass is 9.97. The van der Waals surface area contributed by atoms with Gasteiger partial charge in [0.05, 0.1) is 20.4 Å². The summed E-state index contributed by atoms with van der Waals surface area (Å²) in [5.41, 5.74) is 0.791. The van der Waals surface area contributed by atoms with Crippen LogP contribution in [0.2, 0.25) is 0 Å². The Balaban J connectivity index is 2.47. The Morgan fingerprint density at radius 1 is 1.44 bits per heavy atom. The van der Waals surface area contributed by atoms with Gasteiger partial charge in [-0.05, 0) is 13.0 Å². The molecular weight excluding hydrogens is 208 g/mol. The molecule has 1 aromatic heterocycles. The van der Waals surface area contributed by atoms with E-state index < -0.39 is 0 Å². The van der Waals surface area contributed by atoms with Gasteiger partial charge in [0.1, 0.15) is 5.75 Å². The van der Waals surface area contributed by atoms with Crippen LogP contribution in [0.15, 0.2) is 6.20 Å². The molecule has 0 spiro atoms. The monoisotopic (exact) mass is 224 g/mol. The highest BCUT2D eigenvalue weighted by Gasteiger charge is 2.26. The molecule has 1 aliphatic rings. The third-order valence-corrected chi connectivity index (χ3v) is 2.88. The first kappa shape index (κ1) is 11.0. The van der Waals surface area contributed by atoms with Crippen molar-refractivity contribution in [2.75, 3.05) is 27.3 Å². The van der Waals surface area contributed by atoms with E-state index in [0.717, 1.165) is 25.1 Å². The van der Waals surface area contributed by atoms with Crippen LogP contribution in [0.1, 0.15) is 17.9 Å². The van der Waals surface area contributed by atoms with Gasteiger partial charge in [-0.25, -0.2) is 4.98 Å². The molecule has 1 aliphatic heterocycles. The first-order chi connectivity index (χ1) is 7.77. The van der Waals surface area contributed by atoms with Gasteiger partial charge in [0.15, 0.2) is 5.75 Å². The molecule has 1 fully saturated rings. The van der Waals surface area contributed by atoms with E-state index in [4.69, 9.17) is 9.47 Å². The van der Waals surface area contributed by atoms with Crippen molar-refractivity contribution in [2.24, 2.45) is 0 Å². The number of aromatic nitrogens is 1. The predicted molar refractivity (Wildman–Crippen MR) is 59.2 cm³/mol. The van der Waals surface area contributed by atoms with E-state index >= 15 is 0 Å². The maximum absolute atomic E-state index is 9.88. The molecule has 0 radical (unpaired) electrons. The van der Waals surface area contributed by atoms with E-state index in [0.29, 0.717) is 11.6 Å². The predicted octanol–water partition coefficient (Wildman–Crippen LogP) is 0.881. The minimum absolute atomic E-state index is 0.173. The Bertz CT molecular complexity index is 376. The van der Waals surface area contributed by atoms with Crippen molar-refractivity contribution >= 4 is 0 Å². The molecule has 0 bridgehead atoms. The summed E-state index contributed by atoms with van der Waals surface area (Å²) in [5.74, 6) is 1.39. The number of rotatable bonds is 3. The standard InChI is InChI=1S/C11H16N2O3/c1-15-10-9(7-3-4-12-5-7)8(14)6-13-11(10)16-2/h6-7,12,14H,3-5H2,1-2H3. The molecule has 88 valence electrons. The van der Waals surface area contributed by atoms with Crippen LogP contribution in [0, 0.1) is 0 Å². The van der Waals surface area contributed by atoms with Crippen molar-refractivity contribution in [3.63, 3.8) is 0 Å². The first-order valence-corrected chi connectivity index (χ1v) is 5.28. The topological polar surface area (TPSA) is 63.6 Å². The molecule has 1 aromatic rings. The van der Waals surface area contributed by atoms with Gasteiger partial charge in [-0.15, -0.1) is 0 Å². The summed E-state index contributed by atoms with van der Waals surface area (Å²) in [6.07, 6.45) is 2.39.